The summed E-state index contributed by atoms with van der Waals surface area (Å²) in [5, 5.41) is 7.32. The molecule has 5 nitrogen and oxygen atoms in total. The van der Waals surface area contributed by atoms with Crippen LogP contribution in [0.5, 0.6) is 5.75 Å². The number of aromatic nitrogens is 1. The number of para-hydroxylation sites is 1. The van der Waals surface area contributed by atoms with Crippen molar-refractivity contribution in [1.29, 1.82) is 0 Å². The number of carbonyl (C=O) groups excluding carboxylic acids is 1. The maximum atomic E-state index is 12.5. The Balaban J connectivity index is 1.62. The Labute approximate surface area is 152 Å². The number of aryl methyl sites for hydroxylation is 1. The number of thiazole rings is 1. The number of nitrogens with zero attached hydrogens (tertiary/aromatic N) is 1. The fraction of sp³-hybridized carbons (Fsp3) is 0.474. The molecule has 1 fully saturated rings. The van der Waals surface area contributed by atoms with Crippen LogP contribution in [-0.2, 0) is 6.54 Å². The minimum Gasteiger partial charge on any atom is -0.496 e. The molecule has 0 spiro atoms. The maximum absolute atomic E-state index is 12.5. The summed E-state index contributed by atoms with van der Waals surface area (Å²) < 4.78 is 5.32. The lowest BCUT2D eigenvalue weighted by molar-refractivity contribution is 0.0954. The second-order valence-electron chi connectivity index (χ2n) is 6.41. The fourth-order valence-corrected chi connectivity index (χ4v) is 4.15. The molecule has 1 amide bonds. The van der Waals surface area contributed by atoms with Gasteiger partial charge in [-0.3, -0.25) is 4.79 Å². The Morgan fingerprint density at radius 3 is 2.80 bits per heavy atom. The summed E-state index contributed by atoms with van der Waals surface area (Å²) in [6, 6.07) is 8.19. The molecule has 1 saturated carbocycles. The number of hydrogen-bond donors (Lipinski definition) is 2. The third-order valence-corrected chi connectivity index (χ3v) is 5.65. The van der Waals surface area contributed by atoms with Crippen LogP contribution in [0.2, 0.25) is 0 Å². The van der Waals surface area contributed by atoms with Gasteiger partial charge in [0.1, 0.15) is 10.6 Å². The highest BCUT2D eigenvalue weighted by Gasteiger charge is 2.19. The van der Waals surface area contributed by atoms with Gasteiger partial charge in [-0.25, -0.2) is 4.98 Å². The number of methoxy groups -OCH3 is 1. The van der Waals surface area contributed by atoms with E-state index < -0.39 is 0 Å². The van der Waals surface area contributed by atoms with Gasteiger partial charge in [0.05, 0.1) is 12.8 Å². The van der Waals surface area contributed by atoms with E-state index in [2.05, 4.69) is 15.6 Å². The van der Waals surface area contributed by atoms with Crippen LogP contribution in [-0.4, -0.2) is 24.0 Å². The van der Waals surface area contributed by atoms with Crippen molar-refractivity contribution in [2.45, 2.75) is 51.6 Å². The van der Waals surface area contributed by atoms with Crippen LogP contribution < -0.4 is 15.4 Å². The summed E-state index contributed by atoms with van der Waals surface area (Å²) in [6.45, 7) is 2.33. The molecule has 2 aromatic rings. The minimum absolute atomic E-state index is 0.0856. The van der Waals surface area contributed by atoms with Crippen LogP contribution in [0.1, 0.15) is 53.0 Å². The molecule has 2 N–H and O–H groups in total. The van der Waals surface area contributed by atoms with E-state index in [1.165, 1.54) is 43.4 Å². The van der Waals surface area contributed by atoms with E-state index in [1.807, 2.05) is 31.2 Å². The van der Waals surface area contributed by atoms with Crippen molar-refractivity contribution >= 4 is 22.4 Å². The van der Waals surface area contributed by atoms with Crippen LogP contribution >= 0.6 is 11.3 Å². The molecule has 25 heavy (non-hydrogen) atoms. The molecule has 3 rings (SSSR count). The van der Waals surface area contributed by atoms with Gasteiger partial charge in [0.2, 0.25) is 0 Å². The first-order valence-corrected chi connectivity index (χ1v) is 9.63. The first kappa shape index (κ1) is 17.7. The molecular weight excluding hydrogens is 334 g/mol. The molecule has 0 atom stereocenters. The van der Waals surface area contributed by atoms with Gasteiger partial charge in [0.15, 0.2) is 5.13 Å². The first-order chi connectivity index (χ1) is 12.2. The molecule has 1 heterocycles. The third kappa shape index (κ3) is 4.51. The standard InChI is InChI=1S/C19H25N3O2S/c1-13-17(25-19(21-13)22-15-9-4-3-5-10-15)18(23)20-12-14-8-6-7-11-16(14)24-2/h6-8,11,15H,3-5,9-10,12H2,1-2H3,(H,20,23)(H,21,22). The van der Waals surface area contributed by atoms with Gasteiger partial charge in [0.25, 0.3) is 5.91 Å². The number of benzene rings is 1. The van der Waals surface area contributed by atoms with Gasteiger partial charge in [-0.1, -0.05) is 48.8 Å². The molecule has 6 heteroatoms. The van der Waals surface area contributed by atoms with Gasteiger partial charge < -0.3 is 15.4 Å². The van der Waals surface area contributed by atoms with E-state index in [0.717, 1.165) is 22.1 Å². The Kier molecular flexibility index (Phi) is 5.91. The number of ether oxygens (including phenoxy) is 1. The molecule has 1 aromatic carbocycles. The average molecular weight is 359 g/mol. The lowest BCUT2D eigenvalue weighted by Crippen LogP contribution is -2.23. The summed E-state index contributed by atoms with van der Waals surface area (Å²) in [6.07, 6.45) is 6.25. The van der Waals surface area contributed by atoms with Crippen molar-refractivity contribution < 1.29 is 9.53 Å². The maximum Gasteiger partial charge on any atom is 0.263 e. The highest BCUT2D eigenvalue weighted by atomic mass is 32.1. The van der Waals surface area contributed by atoms with Crippen molar-refractivity contribution in [1.82, 2.24) is 10.3 Å². The third-order valence-electron chi connectivity index (χ3n) is 4.57. The molecule has 0 bridgehead atoms. The monoisotopic (exact) mass is 359 g/mol. The van der Waals surface area contributed by atoms with Crippen LogP contribution in [0.15, 0.2) is 24.3 Å². The Bertz CT molecular complexity index is 723. The number of carbonyl (C=O) groups is 1. The molecule has 1 aromatic heterocycles. The zero-order valence-electron chi connectivity index (χ0n) is 14.8. The van der Waals surface area contributed by atoms with Crippen LogP contribution in [0.3, 0.4) is 0 Å². The number of rotatable bonds is 6. The molecule has 0 aliphatic heterocycles. The highest BCUT2D eigenvalue weighted by molar-refractivity contribution is 7.17. The number of nitrogens with one attached hydrogen (secondary N) is 2. The predicted octanol–water partition coefficient (Wildman–Crippen LogP) is 4.13. The van der Waals surface area contributed by atoms with E-state index in [0.29, 0.717) is 17.5 Å². The van der Waals surface area contributed by atoms with Crippen LogP contribution in [0, 0.1) is 6.92 Å². The zero-order chi connectivity index (χ0) is 17.6. The summed E-state index contributed by atoms with van der Waals surface area (Å²) >= 11 is 1.44. The smallest absolute Gasteiger partial charge is 0.263 e. The van der Waals surface area contributed by atoms with Gasteiger partial charge >= 0.3 is 0 Å². The first-order valence-electron chi connectivity index (χ1n) is 8.81. The topological polar surface area (TPSA) is 63.2 Å². The van der Waals surface area contributed by atoms with Crippen molar-refractivity contribution in [3.63, 3.8) is 0 Å². The van der Waals surface area contributed by atoms with Gasteiger partial charge in [-0.15, -0.1) is 0 Å². The summed E-state index contributed by atoms with van der Waals surface area (Å²) in [5.74, 6) is 0.695. The molecule has 134 valence electrons. The van der Waals surface area contributed by atoms with E-state index in [1.54, 1.807) is 7.11 Å². The SMILES string of the molecule is COc1ccccc1CNC(=O)c1sc(NC2CCCCC2)nc1C. The van der Waals surface area contributed by atoms with E-state index in [-0.39, 0.29) is 5.91 Å². The normalized spacial score (nSPS) is 15.0. The lowest BCUT2D eigenvalue weighted by atomic mass is 9.96. The number of hydrogen-bond acceptors (Lipinski definition) is 5. The summed E-state index contributed by atoms with van der Waals surface area (Å²) in [5.41, 5.74) is 1.74. The lowest BCUT2D eigenvalue weighted by Gasteiger charge is -2.22. The highest BCUT2D eigenvalue weighted by Crippen LogP contribution is 2.27. The van der Waals surface area contributed by atoms with Crippen molar-refractivity contribution in [3.8, 4) is 5.75 Å². The molecule has 0 unspecified atom stereocenters. The molecular formula is C19H25N3O2S. The van der Waals surface area contributed by atoms with Crippen molar-refractivity contribution in [2.75, 3.05) is 12.4 Å². The number of amides is 1. The Morgan fingerprint density at radius 2 is 2.04 bits per heavy atom. The average Bonchev–Trinajstić information content (AvgIpc) is 3.01. The van der Waals surface area contributed by atoms with Gasteiger partial charge in [-0.2, -0.15) is 0 Å². The quantitative estimate of drug-likeness (QED) is 0.814. The fourth-order valence-electron chi connectivity index (χ4n) is 3.20. The molecule has 1 aliphatic rings. The largest absolute Gasteiger partial charge is 0.496 e. The van der Waals surface area contributed by atoms with Crippen molar-refractivity contribution in [3.05, 3.63) is 40.4 Å². The summed E-state index contributed by atoms with van der Waals surface area (Å²) in [7, 11) is 1.64. The van der Waals surface area contributed by atoms with Crippen LogP contribution in [0.4, 0.5) is 5.13 Å². The van der Waals surface area contributed by atoms with Gasteiger partial charge in [0, 0.05) is 18.2 Å². The zero-order valence-corrected chi connectivity index (χ0v) is 15.6. The van der Waals surface area contributed by atoms with E-state index in [4.69, 9.17) is 4.74 Å². The number of anilines is 1. The van der Waals surface area contributed by atoms with E-state index in [9.17, 15) is 4.79 Å². The van der Waals surface area contributed by atoms with Crippen molar-refractivity contribution in [2.24, 2.45) is 0 Å². The predicted molar refractivity (Wildman–Crippen MR) is 102 cm³/mol. The minimum atomic E-state index is -0.0856. The van der Waals surface area contributed by atoms with Gasteiger partial charge in [-0.05, 0) is 25.8 Å². The Hall–Kier alpha value is -2.08. The molecule has 0 saturated heterocycles. The molecule has 1 aliphatic carbocycles. The molecule has 0 radical (unpaired) electrons. The summed E-state index contributed by atoms with van der Waals surface area (Å²) in [4.78, 5) is 17.7. The second-order valence-corrected chi connectivity index (χ2v) is 7.41. The van der Waals surface area contributed by atoms with E-state index >= 15 is 0 Å². The second kappa shape index (κ2) is 8.34. The Morgan fingerprint density at radius 1 is 1.28 bits per heavy atom. The van der Waals surface area contributed by atoms with Crippen LogP contribution in [0.25, 0.3) is 0 Å².